The van der Waals surface area contributed by atoms with Gasteiger partial charge in [-0.1, -0.05) is 0 Å². The van der Waals surface area contributed by atoms with Gasteiger partial charge in [0.1, 0.15) is 5.75 Å². The maximum atomic E-state index is 10.5. The van der Waals surface area contributed by atoms with Gasteiger partial charge in [0.05, 0.1) is 6.61 Å². The molecule has 0 aliphatic rings. The minimum atomic E-state index is -0.781. The van der Waals surface area contributed by atoms with Gasteiger partial charge >= 0.3 is 5.97 Å². The molecule has 0 fully saturated rings. The van der Waals surface area contributed by atoms with Crippen molar-refractivity contribution >= 4 is 28.6 Å². The largest absolute Gasteiger partial charge is 0.494 e. The van der Waals surface area contributed by atoms with E-state index in [-0.39, 0.29) is 6.42 Å². The highest BCUT2D eigenvalue weighted by molar-refractivity contribution is 14.1. The van der Waals surface area contributed by atoms with Gasteiger partial charge in [0, 0.05) is 9.99 Å². The second-order valence-corrected chi connectivity index (χ2v) is 4.32. The average molecular weight is 320 g/mol. The van der Waals surface area contributed by atoms with E-state index in [2.05, 4.69) is 22.6 Å². The number of rotatable bonds is 5. The first-order valence-corrected chi connectivity index (χ1v) is 5.84. The van der Waals surface area contributed by atoms with Crippen molar-refractivity contribution in [3.8, 4) is 5.75 Å². The lowest BCUT2D eigenvalue weighted by Crippen LogP contribution is -2.01. The summed E-state index contributed by atoms with van der Waals surface area (Å²) in [4.78, 5) is 10.5. The summed E-state index contributed by atoms with van der Waals surface area (Å²) in [6.45, 7) is 2.51. The van der Waals surface area contributed by atoms with Gasteiger partial charge < -0.3 is 9.84 Å². The minimum absolute atomic E-state index is 0.139. The molecule has 1 rings (SSSR count). The van der Waals surface area contributed by atoms with E-state index in [0.717, 1.165) is 14.9 Å². The first-order chi connectivity index (χ1) is 7.13. The van der Waals surface area contributed by atoms with Crippen molar-refractivity contribution in [1.82, 2.24) is 0 Å². The lowest BCUT2D eigenvalue weighted by Gasteiger charge is -2.09. The summed E-state index contributed by atoms with van der Waals surface area (Å²) in [6, 6.07) is 5.81. The fraction of sp³-hybridized carbons (Fsp3) is 0.364. The van der Waals surface area contributed by atoms with Crippen LogP contribution in [0.15, 0.2) is 18.2 Å². The van der Waals surface area contributed by atoms with E-state index in [0.29, 0.717) is 13.0 Å². The minimum Gasteiger partial charge on any atom is -0.494 e. The Hall–Kier alpha value is -0.780. The Labute approximate surface area is 103 Å². The van der Waals surface area contributed by atoms with Crippen LogP contribution in [-0.4, -0.2) is 17.7 Å². The SMILES string of the molecule is CCOc1ccc(I)cc1CCC(=O)O. The molecule has 0 saturated heterocycles. The summed E-state index contributed by atoms with van der Waals surface area (Å²) in [5, 5.41) is 8.62. The third kappa shape index (κ3) is 4.07. The van der Waals surface area contributed by atoms with Gasteiger partial charge in [0.2, 0.25) is 0 Å². The zero-order valence-corrected chi connectivity index (χ0v) is 10.7. The molecule has 1 aromatic rings. The monoisotopic (exact) mass is 320 g/mol. The van der Waals surface area contributed by atoms with Crippen LogP contribution < -0.4 is 4.74 Å². The lowest BCUT2D eigenvalue weighted by atomic mass is 10.1. The van der Waals surface area contributed by atoms with Crippen LogP contribution in [0.3, 0.4) is 0 Å². The summed E-state index contributed by atoms with van der Waals surface area (Å²) in [7, 11) is 0. The standard InChI is InChI=1S/C11H13IO3/c1-2-15-10-5-4-9(12)7-8(10)3-6-11(13)14/h4-5,7H,2-3,6H2,1H3,(H,13,14). The molecule has 0 bridgehead atoms. The number of aliphatic carboxylic acids is 1. The second kappa shape index (κ2) is 5.95. The maximum absolute atomic E-state index is 10.5. The lowest BCUT2D eigenvalue weighted by molar-refractivity contribution is -0.136. The molecular weight excluding hydrogens is 307 g/mol. The van der Waals surface area contributed by atoms with E-state index >= 15 is 0 Å². The molecule has 0 aromatic heterocycles. The van der Waals surface area contributed by atoms with E-state index in [9.17, 15) is 4.79 Å². The molecule has 0 spiro atoms. The van der Waals surface area contributed by atoms with E-state index in [1.807, 2.05) is 25.1 Å². The van der Waals surface area contributed by atoms with E-state index in [1.165, 1.54) is 0 Å². The van der Waals surface area contributed by atoms with Crippen molar-refractivity contribution in [3.05, 3.63) is 27.3 Å². The number of carboxylic acid groups (broad SMARTS) is 1. The number of carboxylic acids is 1. The van der Waals surface area contributed by atoms with Gasteiger partial charge in [-0.2, -0.15) is 0 Å². The Morgan fingerprint density at radius 3 is 2.87 bits per heavy atom. The number of hydrogen-bond donors (Lipinski definition) is 1. The molecule has 82 valence electrons. The Morgan fingerprint density at radius 1 is 1.53 bits per heavy atom. The van der Waals surface area contributed by atoms with Crippen LogP contribution in [0.1, 0.15) is 18.9 Å². The fourth-order valence-electron chi connectivity index (χ4n) is 1.28. The summed E-state index contributed by atoms with van der Waals surface area (Å²) in [6.07, 6.45) is 0.654. The summed E-state index contributed by atoms with van der Waals surface area (Å²) in [5.74, 6) is 0.00970. The molecule has 0 aliphatic heterocycles. The number of carbonyl (C=O) groups is 1. The van der Waals surface area contributed by atoms with Gasteiger partial charge in [-0.05, 0) is 59.7 Å². The molecular formula is C11H13IO3. The topological polar surface area (TPSA) is 46.5 Å². The number of benzene rings is 1. The molecule has 0 atom stereocenters. The van der Waals surface area contributed by atoms with E-state index in [4.69, 9.17) is 9.84 Å². The number of aryl methyl sites for hydroxylation is 1. The molecule has 0 saturated carbocycles. The predicted octanol–water partition coefficient (Wildman–Crippen LogP) is 2.71. The fourth-order valence-corrected chi connectivity index (χ4v) is 1.84. The summed E-state index contributed by atoms with van der Waals surface area (Å²) >= 11 is 2.20. The van der Waals surface area contributed by atoms with Crippen LogP contribution >= 0.6 is 22.6 Å². The number of halogens is 1. The van der Waals surface area contributed by atoms with Crippen LogP contribution in [0.2, 0.25) is 0 Å². The molecule has 0 radical (unpaired) electrons. The molecule has 1 aromatic carbocycles. The highest BCUT2D eigenvalue weighted by Gasteiger charge is 2.06. The van der Waals surface area contributed by atoms with Gasteiger partial charge in [-0.25, -0.2) is 0 Å². The molecule has 3 nitrogen and oxygen atoms in total. The van der Waals surface area contributed by atoms with Crippen LogP contribution in [-0.2, 0) is 11.2 Å². The van der Waals surface area contributed by atoms with Crippen molar-refractivity contribution in [2.75, 3.05) is 6.61 Å². The van der Waals surface area contributed by atoms with Crippen molar-refractivity contribution in [1.29, 1.82) is 0 Å². The number of ether oxygens (including phenoxy) is 1. The maximum Gasteiger partial charge on any atom is 0.303 e. The van der Waals surface area contributed by atoms with Crippen LogP contribution in [0.4, 0.5) is 0 Å². The molecule has 0 aliphatic carbocycles. The molecule has 0 heterocycles. The Kier molecular flexibility index (Phi) is 4.87. The summed E-state index contributed by atoms with van der Waals surface area (Å²) in [5.41, 5.74) is 0.964. The van der Waals surface area contributed by atoms with Crippen molar-refractivity contribution < 1.29 is 14.6 Å². The normalized spacial score (nSPS) is 10.0. The third-order valence-electron chi connectivity index (χ3n) is 1.93. The average Bonchev–Trinajstić information content (AvgIpc) is 2.18. The first kappa shape index (κ1) is 12.3. The van der Waals surface area contributed by atoms with Crippen LogP contribution in [0.5, 0.6) is 5.75 Å². The molecule has 0 amide bonds. The van der Waals surface area contributed by atoms with Gasteiger partial charge in [0.25, 0.3) is 0 Å². The van der Waals surface area contributed by atoms with Crippen molar-refractivity contribution in [2.45, 2.75) is 19.8 Å². The highest BCUT2D eigenvalue weighted by atomic mass is 127. The molecule has 15 heavy (non-hydrogen) atoms. The summed E-state index contributed by atoms with van der Waals surface area (Å²) < 4.78 is 6.52. The zero-order chi connectivity index (χ0) is 11.3. The van der Waals surface area contributed by atoms with Gasteiger partial charge in [0.15, 0.2) is 0 Å². The first-order valence-electron chi connectivity index (χ1n) is 4.76. The Bertz CT molecular complexity index is 350. The molecule has 4 heteroatoms. The van der Waals surface area contributed by atoms with Gasteiger partial charge in [-0.15, -0.1) is 0 Å². The van der Waals surface area contributed by atoms with Gasteiger partial charge in [-0.3, -0.25) is 4.79 Å². The van der Waals surface area contributed by atoms with Crippen molar-refractivity contribution in [2.24, 2.45) is 0 Å². The van der Waals surface area contributed by atoms with Crippen molar-refractivity contribution in [3.63, 3.8) is 0 Å². The van der Waals surface area contributed by atoms with Crippen LogP contribution in [0.25, 0.3) is 0 Å². The van der Waals surface area contributed by atoms with Crippen LogP contribution in [0, 0.1) is 3.57 Å². The zero-order valence-electron chi connectivity index (χ0n) is 8.50. The Morgan fingerprint density at radius 2 is 2.27 bits per heavy atom. The third-order valence-corrected chi connectivity index (χ3v) is 2.60. The molecule has 1 N–H and O–H groups in total. The highest BCUT2D eigenvalue weighted by Crippen LogP contribution is 2.22. The van der Waals surface area contributed by atoms with E-state index < -0.39 is 5.97 Å². The molecule has 0 unspecified atom stereocenters. The quantitative estimate of drug-likeness (QED) is 0.849. The smallest absolute Gasteiger partial charge is 0.303 e. The van der Waals surface area contributed by atoms with E-state index in [1.54, 1.807) is 0 Å². The predicted molar refractivity (Wildman–Crippen MR) is 66.3 cm³/mol. The second-order valence-electron chi connectivity index (χ2n) is 3.08. The Balaban J connectivity index is 2.81. The number of hydrogen-bond acceptors (Lipinski definition) is 2.